The number of rotatable bonds is 8. The number of hydrogen-bond acceptors (Lipinski definition) is 6. The van der Waals surface area contributed by atoms with Crippen molar-refractivity contribution in [2.75, 3.05) is 13.2 Å². The molecule has 0 saturated carbocycles. The van der Waals surface area contributed by atoms with E-state index in [1.165, 1.54) is 6.08 Å². The van der Waals surface area contributed by atoms with E-state index in [-0.39, 0.29) is 25.5 Å². The second-order valence-electron chi connectivity index (χ2n) is 6.25. The Balaban J connectivity index is 1.58. The van der Waals surface area contributed by atoms with Crippen LogP contribution >= 0.6 is 0 Å². The van der Waals surface area contributed by atoms with Crippen molar-refractivity contribution in [1.82, 2.24) is 5.32 Å². The van der Waals surface area contributed by atoms with Gasteiger partial charge in [-0.2, -0.15) is 0 Å². The molecule has 0 aliphatic rings. The molecule has 0 aliphatic carbocycles. The van der Waals surface area contributed by atoms with E-state index in [1.807, 2.05) is 30.3 Å². The van der Waals surface area contributed by atoms with Gasteiger partial charge in [-0.3, -0.25) is 9.59 Å². The minimum atomic E-state index is -0.642. The highest BCUT2D eigenvalue weighted by Gasteiger charge is 2.22. The largest absolute Gasteiger partial charge is 0.460 e. The molecule has 0 atom stereocenters. The van der Waals surface area contributed by atoms with Gasteiger partial charge in [-0.1, -0.05) is 48.5 Å². The maximum atomic E-state index is 12.2. The molecular formula is C23H21NO6. The van der Waals surface area contributed by atoms with E-state index < -0.39 is 17.8 Å². The SMILES string of the molecule is CCOC(=O)c1oc2ccccc2c1COC(=O)CNC(=O)/C=C/c1ccccc1. The van der Waals surface area contributed by atoms with Gasteiger partial charge in [-0.05, 0) is 24.6 Å². The van der Waals surface area contributed by atoms with E-state index in [1.54, 1.807) is 37.3 Å². The molecular weight excluding hydrogens is 386 g/mol. The first-order chi connectivity index (χ1) is 14.6. The normalized spacial score (nSPS) is 10.8. The number of ether oxygens (including phenoxy) is 2. The lowest BCUT2D eigenvalue weighted by Gasteiger charge is -2.06. The van der Waals surface area contributed by atoms with Crippen LogP contribution in [0.2, 0.25) is 0 Å². The Hall–Kier alpha value is -3.87. The van der Waals surface area contributed by atoms with Crippen LogP contribution in [0, 0.1) is 0 Å². The van der Waals surface area contributed by atoms with Crippen molar-refractivity contribution in [3.8, 4) is 0 Å². The van der Waals surface area contributed by atoms with E-state index in [0.717, 1.165) is 5.56 Å². The van der Waals surface area contributed by atoms with Crippen LogP contribution in [0.4, 0.5) is 0 Å². The molecule has 1 heterocycles. The van der Waals surface area contributed by atoms with Gasteiger partial charge in [0.25, 0.3) is 0 Å². The van der Waals surface area contributed by atoms with Gasteiger partial charge in [0.15, 0.2) is 0 Å². The highest BCUT2D eigenvalue weighted by molar-refractivity contribution is 5.96. The quantitative estimate of drug-likeness (QED) is 0.454. The second kappa shape index (κ2) is 10.1. The Bertz CT molecular complexity index is 1070. The van der Waals surface area contributed by atoms with Crippen LogP contribution in [0.25, 0.3) is 17.0 Å². The van der Waals surface area contributed by atoms with Crippen LogP contribution in [0.5, 0.6) is 0 Å². The van der Waals surface area contributed by atoms with Crippen LogP contribution in [-0.4, -0.2) is 31.0 Å². The molecule has 0 fully saturated rings. The minimum absolute atomic E-state index is 0.000630. The predicted octanol–water partition coefficient (Wildman–Crippen LogP) is 3.48. The van der Waals surface area contributed by atoms with Crippen molar-refractivity contribution < 1.29 is 28.3 Å². The molecule has 1 amide bonds. The predicted molar refractivity (Wildman–Crippen MR) is 110 cm³/mol. The average Bonchev–Trinajstić information content (AvgIpc) is 3.14. The molecule has 0 bridgehead atoms. The summed E-state index contributed by atoms with van der Waals surface area (Å²) < 4.78 is 15.8. The maximum absolute atomic E-state index is 12.2. The first kappa shape index (κ1) is 20.9. The second-order valence-corrected chi connectivity index (χ2v) is 6.25. The molecule has 0 radical (unpaired) electrons. The maximum Gasteiger partial charge on any atom is 0.374 e. The molecule has 30 heavy (non-hydrogen) atoms. The number of furan rings is 1. The number of carbonyl (C=O) groups excluding carboxylic acids is 3. The number of para-hydroxylation sites is 1. The molecule has 7 nitrogen and oxygen atoms in total. The number of carbonyl (C=O) groups is 3. The van der Waals surface area contributed by atoms with Crippen LogP contribution in [0.15, 0.2) is 65.1 Å². The van der Waals surface area contributed by atoms with Gasteiger partial charge in [0.05, 0.1) is 12.2 Å². The van der Waals surface area contributed by atoms with Crippen LogP contribution in [-0.2, 0) is 25.7 Å². The molecule has 2 aromatic carbocycles. The van der Waals surface area contributed by atoms with Gasteiger partial charge in [-0.25, -0.2) is 4.79 Å². The number of hydrogen-bond donors (Lipinski definition) is 1. The first-order valence-electron chi connectivity index (χ1n) is 9.42. The molecule has 7 heteroatoms. The van der Waals surface area contributed by atoms with Gasteiger partial charge in [0, 0.05) is 11.5 Å². The van der Waals surface area contributed by atoms with E-state index >= 15 is 0 Å². The summed E-state index contributed by atoms with van der Waals surface area (Å²) in [5.41, 5.74) is 1.78. The molecule has 3 rings (SSSR count). The topological polar surface area (TPSA) is 94.8 Å². The third-order valence-corrected chi connectivity index (χ3v) is 4.17. The molecule has 0 spiro atoms. The third kappa shape index (κ3) is 5.35. The summed E-state index contributed by atoms with van der Waals surface area (Å²) in [4.78, 5) is 36.1. The van der Waals surface area contributed by atoms with E-state index in [2.05, 4.69) is 5.32 Å². The summed E-state index contributed by atoms with van der Waals surface area (Å²) >= 11 is 0. The van der Waals surface area contributed by atoms with Crippen molar-refractivity contribution in [3.05, 3.63) is 77.6 Å². The molecule has 1 aromatic heterocycles. The summed E-state index contributed by atoms with van der Waals surface area (Å²) in [6.45, 7) is 1.40. The highest BCUT2D eigenvalue weighted by Crippen LogP contribution is 2.27. The fourth-order valence-electron chi connectivity index (χ4n) is 2.76. The molecule has 3 aromatic rings. The van der Waals surface area contributed by atoms with Crippen LogP contribution < -0.4 is 5.32 Å². The molecule has 0 aliphatic heterocycles. The van der Waals surface area contributed by atoms with Crippen molar-refractivity contribution in [3.63, 3.8) is 0 Å². The van der Waals surface area contributed by atoms with Crippen molar-refractivity contribution in [2.24, 2.45) is 0 Å². The lowest BCUT2D eigenvalue weighted by molar-refractivity contribution is -0.144. The van der Waals surface area contributed by atoms with Crippen molar-refractivity contribution >= 4 is 34.9 Å². The lowest BCUT2D eigenvalue weighted by Crippen LogP contribution is -2.29. The van der Waals surface area contributed by atoms with Gasteiger partial charge in [0.2, 0.25) is 11.7 Å². The zero-order valence-corrected chi connectivity index (χ0v) is 16.4. The van der Waals surface area contributed by atoms with E-state index in [4.69, 9.17) is 13.9 Å². The Kier molecular flexibility index (Phi) is 7.00. The Labute approximate surface area is 173 Å². The highest BCUT2D eigenvalue weighted by atomic mass is 16.5. The smallest absolute Gasteiger partial charge is 0.374 e. The van der Waals surface area contributed by atoms with Crippen molar-refractivity contribution in [2.45, 2.75) is 13.5 Å². The summed E-state index contributed by atoms with van der Waals surface area (Å²) in [5.74, 6) is -1.69. The van der Waals surface area contributed by atoms with Gasteiger partial charge >= 0.3 is 11.9 Å². The van der Waals surface area contributed by atoms with Gasteiger partial charge < -0.3 is 19.2 Å². The zero-order chi connectivity index (χ0) is 21.3. The third-order valence-electron chi connectivity index (χ3n) is 4.17. The van der Waals surface area contributed by atoms with Gasteiger partial charge in [0.1, 0.15) is 18.7 Å². The Morgan fingerprint density at radius 1 is 1.00 bits per heavy atom. The Morgan fingerprint density at radius 2 is 1.73 bits per heavy atom. The molecule has 0 unspecified atom stereocenters. The summed E-state index contributed by atoms with van der Waals surface area (Å²) in [6, 6.07) is 16.3. The minimum Gasteiger partial charge on any atom is -0.460 e. The standard InChI is InChI=1S/C23H21NO6/c1-2-28-23(27)22-18(17-10-6-7-11-19(17)30-22)15-29-21(26)14-24-20(25)13-12-16-8-4-3-5-9-16/h3-13H,2,14-15H2,1H3,(H,24,25)/b13-12+. The van der Waals surface area contributed by atoms with Crippen LogP contribution in [0.3, 0.4) is 0 Å². The summed E-state index contributed by atoms with van der Waals surface area (Å²) in [7, 11) is 0. The van der Waals surface area contributed by atoms with Crippen molar-refractivity contribution in [1.29, 1.82) is 0 Å². The fourth-order valence-corrected chi connectivity index (χ4v) is 2.76. The number of esters is 2. The lowest BCUT2D eigenvalue weighted by atomic mass is 10.1. The number of fused-ring (bicyclic) bond motifs is 1. The zero-order valence-electron chi connectivity index (χ0n) is 16.4. The molecule has 0 saturated heterocycles. The number of amides is 1. The number of benzene rings is 2. The summed E-state index contributed by atoms with van der Waals surface area (Å²) in [5, 5.41) is 3.12. The van der Waals surface area contributed by atoms with E-state index in [0.29, 0.717) is 16.5 Å². The van der Waals surface area contributed by atoms with Gasteiger partial charge in [-0.15, -0.1) is 0 Å². The Morgan fingerprint density at radius 3 is 2.50 bits per heavy atom. The number of nitrogens with one attached hydrogen (secondary N) is 1. The van der Waals surface area contributed by atoms with Crippen LogP contribution in [0.1, 0.15) is 28.6 Å². The monoisotopic (exact) mass is 407 g/mol. The van der Waals surface area contributed by atoms with E-state index in [9.17, 15) is 14.4 Å². The molecule has 154 valence electrons. The molecule has 1 N–H and O–H groups in total. The average molecular weight is 407 g/mol. The first-order valence-corrected chi connectivity index (χ1v) is 9.42. The fraction of sp³-hybridized carbons (Fsp3) is 0.174. The summed E-state index contributed by atoms with van der Waals surface area (Å²) in [6.07, 6.45) is 2.98.